The molecule has 610 valence electrons. The summed E-state index contributed by atoms with van der Waals surface area (Å²) in [5.74, 6) is -2.09. The van der Waals surface area contributed by atoms with Gasteiger partial charge in [-0.2, -0.15) is 0 Å². The molecule has 0 saturated carbocycles. The zero-order valence-electron chi connectivity index (χ0n) is 78.2. The van der Waals surface area contributed by atoms with Gasteiger partial charge in [-0.05, 0) is 231 Å². The van der Waals surface area contributed by atoms with E-state index in [0.29, 0.717) is 66.8 Å². The second kappa shape index (κ2) is 59.1. The minimum atomic E-state index is -0.754. The summed E-state index contributed by atoms with van der Waals surface area (Å²) in [7, 11) is 0. The monoisotopic (exact) mass is 1740 g/mol. The van der Waals surface area contributed by atoms with Gasteiger partial charge in [0.1, 0.15) is 0 Å². The summed E-state index contributed by atoms with van der Waals surface area (Å²) in [6.45, 7) is 62.2. The second-order valence-corrected chi connectivity index (χ2v) is 37.0. The number of aryl methyl sites for hydroxylation is 6. The van der Waals surface area contributed by atoms with Gasteiger partial charge in [0.2, 0.25) is 0 Å². The molecule has 7 fully saturated rings. The van der Waals surface area contributed by atoms with Crippen molar-refractivity contribution in [3.8, 4) is 34.5 Å². The van der Waals surface area contributed by atoms with Crippen molar-refractivity contribution in [3.63, 3.8) is 0 Å². The van der Waals surface area contributed by atoms with Crippen LogP contribution in [0.3, 0.4) is 0 Å². The standard InChI is InChI=1S/2C34H46O3.7C4H8O.6K/c2*1-19-13-22(29(35)25(16-19)32(4,5)6)28(23-14-20(2)17-26(30(23)36)33(7,8)9)24-15-21(3)18-27(31(24)37)34(10,11)12;7*1-2-4-5-3-1;;;;;;/h2*13-18,28,35-37H,1-12H3;7*1-4H2;;;;;;/q;;;;;;;;;6*+1/p-6. The van der Waals surface area contributed by atoms with Gasteiger partial charge in [-0.1, -0.05) is 231 Å². The van der Waals surface area contributed by atoms with Gasteiger partial charge in [-0.3, -0.25) is 0 Å². The van der Waals surface area contributed by atoms with Gasteiger partial charge in [-0.25, -0.2) is 0 Å². The fourth-order valence-corrected chi connectivity index (χ4v) is 14.0. The topological polar surface area (TPSA) is 203 Å². The van der Waals surface area contributed by atoms with Crippen LogP contribution in [0.5, 0.6) is 34.5 Å². The van der Waals surface area contributed by atoms with Crippen molar-refractivity contribution in [1.82, 2.24) is 0 Å². The second-order valence-electron chi connectivity index (χ2n) is 37.0. The molecule has 6 aromatic rings. The molecule has 13 rings (SSSR count). The number of rotatable bonds is 6. The number of ether oxygens (including phenoxy) is 7. The normalized spacial score (nSPS) is 15.6. The van der Waals surface area contributed by atoms with E-state index in [2.05, 4.69) is 0 Å². The van der Waals surface area contributed by atoms with Crippen LogP contribution in [0.1, 0.15) is 326 Å². The minimum Gasteiger partial charge on any atom is -0.872 e. The van der Waals surface area contributed by atoms with Gasteiger partial charge in [0.05, 0.1) is 0 Å². The van der Waals surface area contributed by atoms with Crippen molar-refractivity contribution in [1.29, 1.82) is 0 Å². The van der Waals surface area contributed by atoms with Crippen LogP contribution in [-0.2, 0) is 65.6 Å². The molecule has 0 spiro atoms. The maximum atomic E-state index is 14.1. The third-order valence-electron chi connectivity index (χ3n) is 20.1. The summed E-state index contributed by atoms with van der Waals surface area (Å²) in [5, 5.41) is 84.6. The molecule has 0 unspecified atom stereocenters. The molecule has 0 aromatic heterocycles. The Morgan fingerprint density at radius 2 is 0.287 bits per heavy atom. The van der Waals surface area contributed by atoms with Gasteiger partial charge in [-0.15, -0.1) is 34.5 Å². The Bertz CT molecular complexity index is 3060. The van der Waals surface area contributed by atoms with E-state index in [0.717, 1.165) is 126 Å². The average molecular weight is 1740 g/mol. The van der Waals surface area contributed by atoms with Crippen LogP contribution in [0.25, 0.3) is 0 Å². The molecule has 0 aliphatic carbocycles. The molecule has 7 heterocycles. The smallest absolute Gasteiger partial charge is 0.872 e. The van der Waals surface area contributed by atoms with Crippen LogP contribution in [0, 0.1) is 41.5 Å². The summed E-state index contributed by atoms with van der Waals surface area (Å²) in [5.41, 5.74) is 10.5. The average Bonchev–Trinajstić information content (AvgIpc) is 1.75. The van der Waals surface area contributed by atoms with Crippen LogP contribution in [0.2, 0.25) is 0 Å². The Hall–Kier alpha value is 3.66. The van der Waals surface area contributed by atoms with Gasteiger partial charge < -0.3 is 63.8 Å². The molecular formula is C96H142K6O13. The minimum absolute atomic E-state index is 0. The quantitative estimate of drug-likeness (QED) is 0.171. The third-order valence-corrected chi connectivity index (χ3v) is 20.1. The first-order chi connectivity index (χ1) is 51.0. The zero-order chi connectivity index (χ0) is 81.2. The maximum Gasteiger partial charge on any atom is 1.00 e. The van der Waals surface area contributed by atoms with E-state index in [9.17, 15) is 30.6 Å². The van der Waals surface area contributed by atoms with Crippen LogP contribution < -0.4 is 339 Å². The van der Waals surface area contributed by atoms with E-state index in [1.807, 2.05) is 239 Å². The molecule has 0 amide bonds. The van der Waals surface area contributed by atoms with Gasteiger partial charge in [0.25, 0.3) is 0 Å². The van der Waals surface area contributed by atoms with Crippen molar-refractivity contribution in [2.75, 3.05) is 92.5 Å². The summed E-state index contributed by atoms with van der Waals surface area (Å²) >= 11 is 0. The molecule has 0 N–H and O–H groups in total. The van der Waals surface area contributed by atoms with Crippen molar-refractivity contribution in [2.24, 2.45) is 0 Å². The van der Waals surface area contributed by atoms with Gasteiger partial charge in [0, 0.05) is 104 Å². The third kappa shape index (κ3) is 41.5. The maximum absolute atomic E-state index is 14.1. The molecule has 7 aliphatic rings. The Morgan fingerprint density at radius 3 is 0.357 bits per heavy atom. The van der Waals surface area contributed by atoms with Crippen LogP contribution >= 0.6 is 0 Å². The van der Waals surface area contributed by atoms with Crippen LogP contribution in [0.15, 0.2) is 72.8 Å². The largest absolute Gasteiger partial charge is 1.00 e. The molecule has 0 atom stereocenters. The first-order valence-electron chi connectivity index (χ1n) is 40.9. The fourth-order valence-electron chi connectivity index (χ4n) is 14.0. The molecule has 19 heteroatoms. The van der Waals surface area contributed by atoms with Gasteiger partial charge >= 0.3 is 308 Å². The van der Waals surface area contributed by atoms with E-state index in [1.54, 1.807) is 0 Å². The molecule has 13 nitrogen and oxygen atoms in total. The number of hydrogen-bond acceptors (Lipinski definition) is 13. The summed E-state index contributed by atoms with van der Waals surface area (Å²) in [6.07, 6.45) is 17.9. The molecule has 7 aliphatic heterocycles. The number of hydrogen-bond donors (Lipinski definition) is 0. The summed E-state index contributed by atoms with van der Waals surface area (Å²) in [4.78, 5) is 0. The van der Waals surface area contributed by atoms with Crippen molar-refractivity contribution in [3.05, 3.63) is 173 Å². The summed E-state index contributed by atoms with van der Waals surface area (Å²) in [6, 6.07) is 22.9. The van der Waals surface area contributed by atoms with E-state index < -0.39 is 11.8 Å². The Kier molecular flexibility index (Phi) is 62.0. The molecular weight excluding hydrogens is 1600 g/mol. The zero-order valence-corrected chi connectivity index (χ0v) is 96.9. The Labute approximate surface area is 954 Å². The molecule has 6 aromatic carbocycles. The SMILES string of the molecule is C1CCOC1.C1CCOC1.C1CCOC1.C1CCOC1.C1CCOC1.C1CCOC1.C1CCOC1.Cc1cc(C(c2cc(C)cc(C(C)(C)C)c2[O-])c2cc(C)cc(C(C)(C)C)c2[O-])c([O-])c(C(C)(C)C)c1.Cc1cc(C(c2cc(C)cc(C(C)(C)C)c2[O-])c2cc(C)cc(C(C)(C)C)c2[O-])c([O-])c(C(C)(C)C)c1.[K+].[K+].[K+].[K+].[K+].[K+]. The van der Waals surface area contributed by atoms with E-state index in [-0.39, 0.29) is 375 Å². The first-order valence-corrected chi connectivity index (χ1v) is 40.9. The predicted octanol–water partition coefficient (Wildman–Crippen LogP) is 1.41. The van der Waals surface area contributed by atoms with Crippen molar-refractivity contribution < 1.29 is 372 Å². The molecule has 0 bridgehead atoms. The number of benzene rings is 6. The molecule has 0 radical (unpaired) electrons. The molecule has 7 saturated heterocycles. The predicted molar refractivity (Wildman–Crippen MR) is 438 cm³/mol. The van der Waals surface area contributed by atoms with Gasteiger partial charge in [0.15, 0.2) is 0 Å². The van der Waals surface area contributed by atoms with E-state index >= 15 is 0 Å². The van der Waals surface area contributed by atoms with Crippen molar-refractivity contribution in [2.45, 2.75) is 300 Å². The summed E-state index contributed by atoms with van der Waals surface area (Å²) < 4.78 is 34.6. The van der Waals surface area contributed by atoms with E-state index in [1.165, 1.54) is 89.9 Å². The fraction of sp³-hybridized carbons (Fsp3) is 0.625. The van der Waals surface area contributed by atoms with E-state index in [4.69, 9.17) is 33.2 Å². The van der Waals surface area contributed by atoms with Crippen molar-refractivity contribution >= 4 is 0 Å². The first kappa shape index (κ1) is 121. The Balaban J connectivity index is 0. The van der Waals surface area contributed by atoms with Crippen LogP contribution in [-0.4, -0.2) is 92.5 Å². The van der Waals surface area contributed by atoms with Crippen LogP contribution in [0.4, 0.5) is 0 Å². The Morgan fingerprint density at radius 1 is 0.191 bits per heavy atom. The molecule has 115 heavy (non-hydrogen) atoms.